The molecule has 2 aromatic rings. The number of rotatable bonds is 5. The number of hydrogen-bond acceptors (Lipinski definition) is 3. The van der Waals surface area contributed by atoms with E-state index in [1.54, 1.807) is 6.26 Å². The molecule has 1 N–H and O–H groups in total. The number of imidazole rings is 1. The van der Waals surface area contributed by atoms with E-state index in [0.717, 1.165) is 18.1 Å². The summed E-state index contributed by atoms with van der Waals surface area (Å²) in [5, 5.41) is 3.59. The lowest BCUT2D eigenvalue weighted by molar-refractivity contribution is 0.244. The third-order valence-corrected chi connectivity index (χ3v) is 4.05. The van der Waals surface area contributed by atoms with Crippen LogP contribution in [0.15, 0.2) is 35.2 Å². The van der Waals surface area contributed by atoms with Crippen molar-refractivity contribution in [2.45, 2.75) is 33.7 Å². The largest absolute Gasteiger partial charge is 0.467 e. The summed E-state index contributed by atoms with van der Waals surface area (Å²) in [5.74, 6) is 2.43. The van der Waals surface area contributed by atoms with Crippen LogP contribution in [0.2, 0.25) is 0 Å². The molecule has 0 saturated heterocycles. The van der Waals surface area contributed by atoms with Crippen molar-refractivity contribution in [3.8, 4) is 0 Å². The highest BCUT2D eigenvalue weighted by molar-refractivity contribution is 5.15. The van der Waals surface area contributed by atoms with Crippen molar-refractivity contribution < 1.29 is 4.42 Å². The zero-order valence-electron chi connectivity index (χ0n) is 13.1. The first-order chi connectivity index (χ1) is 9.39. The molecule has 0 bridgehead atoms. The molecule has 110 valence electrons. The fraction of sp³-hybridized carbons (Fsp3) is 0.562. The Balaban J connectivity index is 2.15. The molecule has 0 aromatic carbocycles. The van der Waals surface area contributed by atoms with Crippen LogP contribution in [0, 0.1) is 11.3 Å². The number of furan rings is 1. The summed E-state index contributed by atoms with van der Waals surface area (Å²) < 4.78 is 7.61. The van der Waals surface area contributed by atoms with Gasteiger partial charge in [0.15, 0.2) is 0 Å². The van der Waals surface area contributed by atoms with Gasteiger partial charge in [-0.15, -0.1) is 0 Å². The van der Waals surface area contributed by atoms with E-state index in [1.807, 2.05) is 36.1 Å². The molecule has 0 amide bonds. The maximum atomic E-state index is 5.58. The topological polar surface area (TPSA) is 43.0 Å². The summed E-state index contributed by atoms with van der Waals surface area (Å²) in [7, 11) is 2.01. The SMILES string of the molecule is CC(CNC(c1ccco1)c1nccn1C)C(C)(C)C. The summed E-state index contributed by atoms with van der Waals surface area (Å²) in [4.78, 5) is 4.45. The molecule has 2 aromatic heterocycles. The zero-order valence-corrected chi connectivity index (χ0v) is 13.1. The molecular formula is C16H25N3O. The highest BCUT2D eigenvalue weighted by Crippen LogP contribution is 2.27. The average Bonchev–Trinajstić information content (AvgIpc) is 3.01. The molecule has 0 aliphatic rings. The molecule has 2 rings (SSSR count). The molecule has 0 aliphatic heterocycles. The second-order valence-electron chi connectivity index (χ2n) is 6.52. The lowest BCUT2D eigenvalue weighted by atomic mass is 9.82. The van der Waals surface area contributed by atoms with Gasteiger partial charge in [0, 0.05) is 19.4 Å². The van der Waals surface area contributed by atoms with Gasteiger partial charge < -0.3 is 14.3 Å². The van der Waals surface area contributed by atoms with Gasteiger partial charge in [-0.1, -0.05) is 27.7 Å². The van der Waals surface area contributed by atoms with Crippen molar-refractivity contribution in [1.82, 2.24) is 14.9 Å². The fourth-order valence-electron chi connectivity index (χ4n) is 2.03. The summed E-state index contributed by atoms with van der Waals surface area (Å²) >= 11 is 0. The Hall–Kier alpha value is -1.55. The molecule has 0 fully saturated rings. The van der Waals surface area contributed by atoms with Crippen molar-refractivity contribution >= 4 is 0 Å². The molecule has 4 nitrogen and oxygen atoms in total. The first-order valence-electron chi connectivity index (χ1n) is 7.13. The van der Waals surface area contributed by atoms with Crippen LogP contribution in [0.1, 0.15) is 45.3 Å². The number of nitrogens with zero attached hydrogens (tertiary/aromatic N) is 2. The Labute approximate surface area is 121 Å². The Morgan fingerprint density at radius 2 is 2.15 bits per heavy atom. The standard InChI is InChI=1S/C16H25N3O/c1-12(16(2,3)4)11-18-14(13-7-6-10-20-13)15-17-8-9-19(15)5/h6-10,12,14,18H,11H2,1-5H3. The fourth-order valence-corrected chi connectivity index (χ4v) is 2.03. The van der Waals surface area contributed by atoms with Crippen LogP contribution in [0.5, 0.6) is 0 Å². The third-order valence-electron chi connectivity index (χ3n) is 4.05. The molecule has 20 heavy (non-hydrogen) atoms. The Morgan fingerprint density at radius 3 is 2.65 bits per heavy atom. The number of nitrogens with one attached hydrogen (secondary N) is 1. The Morgan fingerprint density at radius 1 is 1.40 bits per heavy atom. The predicted molar refractivity (Wildman–Crippen MR) is 80.4 cm³/mol. The van der Waals surface area contributed by atoms with E-state index in [1.165, 1.54) is 0 Å². The number of aromatic nitrogens is 2. The van der Waals surface area contributed by atoms with Gasteiger partial charge in [-0.2, -0.15) is 0 Å². The van der Waals surface area contributed by atoms with Gasteiger partial charge in [-0.3, -0.25) is 0 Å². The maximum Gasteiger partial charge on any atom is 0.133 e. The van der Waals surface area contributed by atoms with Crippen LogP contribution in [0.4, 0.5) is 0 Å². The molecule has 2 unspecified atom stereocenters. The lowest BCUT2D eigenvalue weighted by Crippen LogP contribution is -2.33. The second-order valence-corrected chi connectivity index (χ2v) is 6.52. The van der Waals surface area contributed by atoms with Crippen LogP contribution in [-0.2, 0) is 7.05 Å². The van der Waals surface area contributed by atoms with E-state index < -0.39 is 0 Å². The van der Waals surface area contributed by atoms with E-state index in [2.05, 4.69) is 38.0 Å². The Bertz CT molecular complexity index is 522. The smallest absolute Gasteiger partial charge is 0.133 e. The van der Waals surface area contributed by atoms with Crippen LogP contribution in [0.3, 0.4) is 0 Å². The maximum absolute atomic E-state index is 5.58. The van der Waals surface area contributed by atoms with E-state index in [9.17, 15) is 0 Å². The Kier molecular flexibility index (Phi) is 4.33. The van der Waals surface area contributed by atoms with Crippen molar-refractivity contribution in [1.29, 1.82) is 0 Å². The van der Waals surface area contributed by atoms with E-state index in [-0.39, 0.29) is 11.5 Å². The normalized spacial score (nSPS) is 15.2. The molecule has 4 heteroatoms. The third kappa shape index (κ3) is 3.31. The summed E-state index contributed by atoms with van der Waals surface area (Å²) in [6, 6.07) is 3.91. The summed E-state index contributed by atoms with van der Waals surface area (Å²) in [6.07, 6.45) is 5.49. The van der Waals surface area contributed by atoms with Gasteiger partial charge in [0.05, 0.1) is 6.26 Å². The summed E-state index contributed by atoms with van der Waals surface area (Å²) in [5.41, 5.74) is 0.280. The molecule has 0 saturated carbocycles. The average molecular weight is 275 g/mol. The van der Waals surface area contributed by atoms with Gasteiger partial charge in [-0.05, 0) is 30.0 Å². The first kappa shape index (κ1) is 14.9. The van der Waals surface area contributed by atoms with E-state index in [4.69, 9.17) is 4.42 Å². The minimum atomic E-state index is -0.00481. The highest BCUT2D eigenvalue weighted by atomic mass is 16.3. The van der Waals surface area contributed by atoms with Crippen LogP contribution in [-0.4, -0.2) is 16.1 Å². The summed E-state index contributed by atoms with van der Waals surface area (Å²) in [6.45, 7) is 9.98. The molecule has 0 aliphatic carbocycles. The van der Waals surface area contributed by atoms with Gasteiger partial charge in [0.25, 0.3) is 0 Å². The number of aryl methyl sites for hydroxylation is 1. The van der Waals surface area contributed by atoms with Gasteiger partial charge >= 0.3 is 0 Å². The molecular weight excluding hydrogens is 250 g/mol. The van der Waals surface area contributed by atoms with Crippen LogP contribution >= 0.6 is 0 Å². The first-order valence-corrected chi connectivity index (χ1v) is 7.13. The van der Waals surface area contributed by atoms with Crippen molar-refractivity contribution in [3.63, 3.8) is 0 Å². The number of hydrogen-bond donors (Lipinski definition) is 1. The van der Waals surface area contributed by atoms with E-state index >= 15 is 0 Å². The highest BCUT2D eigenvalue weighted by Gasteiger charge is 2.24. The van der Waals surface area contributed by atoms with Gasteiger partial charge in [0.1, 0.15) is 17.6 Å². The quantitative estimate of drug-likeness (QED) is 0.909. The van der Waals surface area contributed by atoms with Crippen molar-refractivity contribution in [3.05, 3.63) is 42.4 Å². The monoisotopic (exact) mass is 275 g/mol. The van der Waals surface area contributed by atoms with E-state index in [0.29, 0.717) is 5.92 Å². The lowest BCUT2D eigenvalue weighted by Gasteiger charge is -2.29. The van der Waals surface area contributed by atoms with Gasteiger partial charge in [0.2, 0.25) is 0 Å². The molecule has 0 spiro atoms. The zero-order chi connectivity index (χ0) is 14.8. The predicted octanol–water partition coefficient (Wildman–Crippen LogP) is 3.37. The molecule has 2 atom stereocenters. The molecule has 0 radical (unpaired) electrons. The minimum absolute atomic E-state index is 0.00481. The molecule has 2 heterocycles. The second kappa shape index (κ2) is 5.83. The van der Waals surface area contributed by atoms with Gasteiger partial charge in [-0.25, -0.2) is 4.98 Å². The van der Waals surface area contributed by atoms with Crippen molar-refractivity contribution in [2.75, 3.05) is 6.54 Å². The van der Waals surface area contributed by atoms with Crippen LogP contribution in [0.25, 0.3) is 0 Å². The minimum Gasteiger partial charge on any atom is -0.467 e. The van der Waals surface area contributed by atoms with Crippen molar-refractivity contribution in [2.24, 2.45) is 18.4 Å². The van der Waals surface area contributed by atoms with Crippen LogP contribution < -0.4 is 5.32 Å².